The summed E-state index contributed by atoms with van der Waals surface area (Å²) in [7, 11) is 0. The van der Waals surface area contributed by atoms with Crippen molar-refractivity contribution in [3.63, 3.8) is 0 Å². The number of aryl methyl sites for hydroxylation is 1. The van der Waals surface area contributed by atoms with Crippen LogP contribution in [0, 0.1) is 6.92 Å². The standard InChI is InChI=1S/C16H17Cl2N5O/c1-11-2-3-12(10-13(11)17)20-16(24)23-8-6-22(7-9-23)14-4-5-19-15(18)21-14/h2-5,10H,6-9H2,1H3,(H,20,24). The molecule has 0 unspecified atom stereocenters. The number of amides is 2. The third kappa shape index (κ3) is 3.88. The molecule has 0 saturated carbocycles. The molecule has 0 radical (unpaired) electrons. The molecular weight excluding hydrogens is 349 g/mol. The van der Waals surface area contributed by atoms with Crippen LogP contribution in [0.15, 0.2) is 30.5 Å². The molecule has 1 fully saturated rings. The summed E-state index contributed by atoms with van der Waals surface area (Å²) in [6.45, 7) is 4.51. The van der Waals surface area contributed by atoms with E-state index in [9.17, 15) is 4.79 Å². The highest BCUT2D eigenvalue weighted by molar-refractivity contribution is 6.31. The molecule has 1 aliphatic rings. The summed E-state index contributed by atoms with van der Waals surface area (Å²) in [6, 6.07) is 7.17. The lowest BCUT2D eigenvalue weighted by Crippen LogP contribution is -2.50. The zero-order chi connectivity index (χ0) is 17.1. The van der Waals surface area contributed by atoms with Crippen molar-refractivity contribution in [3.8, 4) is 0 Å². The van der Waals surface area contributed by atoms with Gasteiger partial charge in [-0.1, -0.05) is 17.7 Å². The van der Waals surface area contributed by atoms with E-state index in [1.807, 2.05) is 25.1 Å². The number of hydrogen-bond acceptors (Lipinski definition) is 4. The molecule has 0 bridgehead atoms. The Morgan fingerprint density at radius 2 is 1.92 bits per heavy atom. The maximum absolute atomic E-state index is 12.4. The van der Waals surface area contributed by atoms with Gasteiger partial charge in [-0.3, -0.25) is 0 Å². The van der Waals surface area contributed by atoms with Crippen molar-refractivity contribution in [1.29, 1.82) is 0 Å². The van der Waals surface area contributed by atoms with Crippen LogP contribution in [-0.4, -0.2) is 47.1 Å². The number of benzene rings is 1. The number of carbonyl (C=O) groups excluding carboxylic acids is 1. The zero-order valence-electron chi connectivity index (χ0n) is 13.2. The number of rotatable bonds is 2. The summed E-state index contributed by atoms with van der Waals surface area (Å²) in [6.07, 6.45) is 1.63. The Bertz CT molecular complexity index is 747. The molecular formula is C16H17Cl2N5O. The number of halogens is 2. The second kappa shape index (κ2) is 7.23. The van der Waals surface area contributed by atoms with E-state index in [2.05, 4.69) is 20.2 Å². The zero-order valence-corrected chi connectivity index (χ0v) is 14.7. The van der Waals surface area contributed by atoms with Crippen LogP contribution in [0.25, 0.3) is 0 Å². The highest BCUT2D eigenvalue weighted by Crippen LogP contribution is 2.21. The molecule has 2 heterocycles. The fourth-order valence-electron chi connectivity index (χ4n) is 2.51. The van der Waals surface area contributed by atoms with Gasteiger partial charge in [-0.2, -0.15) is 0 Å². The van der Waals surface area contributed by atoms with Gasteiger partial charge in [-0.25, -0.2) is 14.8 Å². The molecule has 1 aromatic heterocycles. The van der Waals surface area contributed by atoms with Crippen LogP contribution in [0.3, 0.4) is 0 Å². The Kier molecular flexibility index (Phi) is 5.06. The first-order valence-corrected chi connectivity index (χ1v) is 8.34. The van der Waals surface area contributed by atoms with Crippen molar-refractivity contribution < 1.29 is 4.79 Å². The largest absolute Gasteiger partial charge is 0.353 e. The van der Waals surface area contributed by atoms with Gasteiger partial charge in [0.25, 0.3) is 0 Å². The Morgan fingerprint density at radius 1 is 1.17 bits per heavy atom. The van der Waals surface area contributed by atoms with Crippen molar-refractivity contribution >= 4 is 40.7 Å². The number of carbonyl (C=O) groups is 1. The monoisotopic (exact) mass is 365 g/mol. The molecule has 1 N–H and O–H groups in total. The molecule has 1 aromatic carbocycles. The van der Waals surface area contributed by atoms with Gasteiger partial charge in [0.05, 0.1) is 0 Å². The van der Waals surface area contributed by atoms with Crippen LogP contribution in [0.5, 0.6) is 0 Å². The van der Waals surface area contributed by atoms with E-state index in [-0.39, 0.29) is 11.3 Å². The lowest BCUT2D eigenvalue weighted by molar-refractivity contribution is 0.208. The maximum atomic E-state index is 12.4. The molecule has 126 valence electrons. The minimum absolute atomic E-state index is 0.129. The quantitative estimate of drug-likeness (QED) is 0.827. The fraction of sp³-hybridized carbons (Fsp3) is 0.312. The molecule has 1 saturated heterocycles. The first-order valence-electron chi connectivity index (χ1n) is 7.58. The summed E-state index contributed by atoms with van der Waals surface area (Å²) in [4.78, 5) is 24.3. The molecule has 6 nitrogen and oxygen atoms in total. The van der Waals surface area contributed by atoms with E-state index in [0.29, 0.717) is 36.9 Å². The van der Waals surface area contributed by atoms with Gasteiger partial charge >= 0.3 is 6.03 Å². The average molecular weight is 366 g/mol. The van der Waals surface area contributed by atoms with E-state index >= 15 is 0 Å². The molecule has 2 aromatic rings. The van der Waals surface area contributed by atoms with E-state index in [1.54, 1.807) is 17.2 Å². The van der Waals surface area contributed by atoms with Gasteiger partial charge in [-0.05, 0) is 42.3 Å². The molecule has 3 rings (SSSR count). The van der Waals surface area contributed by atoms with E-state index in [4.69, 9.17) is 23.2 Å². The minimum Gasteiger partial charge on any atom is -0.353 e. The summed E-state index contributed by atoms with van der Waals surface area (Å²) in [5.74, 6) is 0.778. The third-order valence-electron chi connectivity index (χ3n) is 3.93. The highest BCUT2D eigenvalue weighted by atomic mass is 35.5. The topological polar surface area (TPSA) is 61.4 Å². The van der Waals surface area contributed by atoms with E-state index < -0.39 is 0 Å². The van der Waals surface area contributed by atoms with Crippen LogP contribution >= 0.6 is 23.2 Å². The third-order valence-corrected chi connectivity index (χ3v) is 4.51. The second-order valence-electron chi connectivity index (χ2n) is 5.55. The van der Waals surface area contributed by atoms with Gasteiger partial charge in [0, 0.05) is 43.1 Å². The summed E-state index contributed by atoms with van der Waals surface area (Å²) >= 11 is 11.9. The molecule has 24 heavy (non-hydrogen) atoms. The first kappa shape index (κ1) is 16.8. The number of hydrogen-bond donors (Lipinski definition) is 1. The van der Waals surface area contributed by atoms with E-state index in [0.717, 1.165) is 11.4 Å². The number of aromatic nitrogens is 2. The fourth-order valence-corrected chi connectivity index (χ4v) is 2.84. The van der Waals surface area contributed by atoms with Gasteiger partial charge in [0.1, 0.15) is 5.82 Å². The van der Waals surface area contributed by atoms with Crippen LogP contribution < -0.4 is 10.2 Å². The number of anilines is 2. The summed E-state index contributed by atoms with van der Waals surface area (Å²) < 4.78 is 0. The Labute approximate surface area is 150 Å². The Morgan fingerprint density at radius 3 is 2.58 bits per heavy atom. The Balaban J connectivity index is 1.58. The molecule has 8 heteroatoms. The highest BCUT2D eigenvalue weighted by Gasteiger charge is 2.22. The Hall–Kier alpha value is -2.05. The predicted octanol–water partition coefficient (Wildman–Crippen LogP) is 3.45. The molecule has 0 aliphatic carbocycles. The van der Waals surface area contributed by atoms with Crippen molar-refractivity contribution in [2.75, 3.05) is 36.4 Å². The summed E-state index contributed by atoms with van der Waals surface area (Å²) in [5, 5.41) is 3.74. The van der Waals surface area contributed by atoms with Crippen LogP contribution in [0.1, 0.15) is 5.56 Å². The average Bonchev–Trinajstić information content (AvgIpc) is 2.58. The lowest BCUT2D eigenvalue weighted by Gasteiger charge is -2.35. The molecule has 0 spiro atoms. The van der Waals surface area contributed by atoms with Gasteiger partial charge in [0.2, 0.25) is 5.28 Å². The lowest BCUT2D eigenvalue weighted by atomic mass is 10.2. The predicted molar refractivity (Wildman–Crippen MR) is 96.0 cm³/mol. The maximum Gasteiger partial charge on any atom is 0.321 e. The smallest absolute Gasteiger partial charge is 0.321 e. The number of nitrogens with zero attached hydrogens (tertiary/aromatic N) is 4. The molecule has 1 aliphatic heterocycles. The van der Waals surface area contributed by atoms with Crippen LogP contribution in [0.4, 0.5) is 16.3 Å². The second-order valence-corrected chi connectivity index (χ2v) is 6.30. The van der Waals surface area contributed by atoms with Gasteiger partial charge in [0.15, 0.2) is 0 Å². The minimum atomic E-state index is -0.129. The SMILES string of the molecule is Cc1ccc(NC(=O)N2CCN(c3ccnc(Cl)n3)CC2)cc1Cl. The first-order chi connectivity index (χ1) is 11.5. The van der Waals surface area contributed by atoms with Gasteiger partial charge < -0.3 is 15.1 Å². The van der Waals surface area contributed by atoms with Crippen LogP contribution in [0.2, 0.25) is 10.3 Å². The van der Waals surface area contributed by atoms with Crippen molar-refractivity contribution in [3.05, 3.63) is 46.3 Å². The van der Waals surface area contributed by atoms with Crippen molar-refractivity contribution in [2.24, 2.45) is 0 Å². The number of piperazine rings is 1. The van der Waals surface area contributed by atoms with Gasteiger partial charge in [-0.15, -0.1) is 0 Å². The molecule has 2 amide bonds. The normalized spacial score (nSPS) is 14.6. The summed E-state index contributed by atoms with van der Waals surface area (Å²) in [5.41, 5.74) is 1.67. The van der Waals surface area contributed by atoms with Crippen molar-refractivity contribution in [2.45, 2.75) is 6.92 Å². The van der Waals surface area contributed by atoms with E-state index in [1.165, 1.54) is 0 Å². The van der Waals surface area contributed by atoms with Crippen molar-refractivity contribution in [1.82, 2.24) is 14.9 Å². The molecule has 0 atom stereocenters. The number of nitrogens with one attached hydrogen (secondary N) is 1. The van der Waals surface area contributed by atoms with Crippen LogP contribution in [-0.2, 0) is 0 Å². The number of urea groups is 1.